The van der Waals surface area contributed by atoms with Crippen molar-refractivity contribution in [3.8, 4) is 0 Å². The van der Waals surface area contributed by atoms with Crippen LogP contribution in [0.4, 0.5) is 5.69 Å². The second-order valence-corrected chi connectivity index (χ2v) is 7.03. The minimum atomic E-state index is 0.0586. The second kappa shape index (κ2) is 8.15. The van der Waals surface area contributed by atoms with Gasteiger partial charge >= 0.3 is 0 Å². The van der Waals surface area contributed by atoms with Crippen LogP contribution in [0.5, 0.6) is 0 Å². The molecule has 132 valence electrons. The summed E-state index contributed by atoms with van der Waals surface area (Å²) in [5, 5.41) is 4.10. The van der Waals surface area contributed by atoms with Crippen LogP contribution in [0.3, 0.4) is 0 Å². The molecule has 3 rings (SSSR count). The van der Waals surface area contributed by atoms with Crippen LogP contribution >= 0.6 is 12.2 Å². The first-order valence-corrected chi connectivity index (χ1v) is 9.17. The smallest absolute Gasteiger partial charge is 0.173 e. The van der Waals surface area contributed by atoms with Crippen molar-refractivity contribution in [2.75, 3.05) is 12.4 Å². The van der Waals surface area contributed by atoms with Crippen LogP contribution in [0.15, 0.2) is 78.9 Å². The van der Waals surface area contributed by atoms with Crippen molar-refractivity contribution in [2.45, 2.75) is 19.9 Å². The Morgan fingerprint density at radius 1 is 0.808 bits per heavy atom. The molecule has 0 amide bonds. The van der Waals surface area contributed by atoms with Crippen molar-refractivity contribution in [1.82, 2.24) is 4.90 Å². The van der Waals surface area contributed by atoms with E-state index < -0.39 is 0 Å². The summed E-state index contributed by atoms with van der Waals surface area (Å²) >= 11 is 5.74. The lowest BCUT2D eigenvalue weighted by atomic mass is 9.98. The maximum absolute atomic E-state index is 5.74. The van der Waals surface area contributed by atoms with Crippen molar-refractivity contribution in [1.29, 1.82) is 0 Å². The van der Waals surface area contributed by atoms with Crippen LogP contribution in [-0.2, 0) is 0 Å². The second-order valence-electron chi connectivity index (χ2n) is 6.64. The summed E-state index contributed by atoms with van der Waals surface area (Å²) < 4.78 is 0. The molecule has 1 N–H and O–H groups in total. The van der Waals surface area contributed by atoms with Crippen LogP contribution in [0, 0.1) is 13.8 Å². The third-order valence-electron chi connectivity index (χ3n) is 4.41. The molecular formula is C23H24N2S. The Morgan fingerprint density at radius 2 is 1.27 bits per heavy atom. The summed E-state index contributed by atoms with van der Waals surface area (Å²) in [6.45, 7) is 4.20. The quantitative estimate of drug-likeness (QED) is 0.599. The van der Waals surface area contributed by atoms with Crippen LogP contribution in [0.2, 0.25) is 0 Å². The number of benzene rings is 3. The SMILES string of the molecule is Cc1cc(C)cc(NC(=S)N(C)C(c2ccccc2)c2ccccc2)c1. The number of rotatable bonds is 4. The summed E-state index contributed by atoms with van der Waals surface area (Å²) in [6, 6.07) is 27.4. The highest BCUT2D eigenvalue weighted by Gasteiger charge is 2.21. The number of anilines is 1. The molecular weight excluding hydrogens is 336 g/mol. The predicted octanol–water partition coefficient (Wildman–Crippen LogP) is 5.72. The van der Waals surface area contributed by atoms with E-state index in [4.69, 9.17) is 12.2 Å². The molecule has 0 unspecified atom stereocenters. The highest BCUT2D eigenvalue weighted by molar-refractivity contribution is 7.80. The summed E-state index contributed by atoms with van der Waals surface area (Å²) in [6.07, 6.45) is 0. The molecule has 0 saturated heterocycles. The van der Waals surface area contributed by atoms with Gasteiger partial charge in [0.2, 0.25) is 0 Å². The van der Waals surface area contributed by atoms with E-state index in [1.165, 1.54) is 22.3 Å². The molecule has 26 heavy (non-hydrogen) atoms. The molecule has 0 radical (unpaired) electrons. The zero-order chi connectivity index (χ0) is 18.5. The number of thiocarbonyl (C=S) groups is 1. The Bertz CT molecular complexity index is 815. The van der Waals surface area contributed by atoms with Crippen molar-refractivity contribution >= 4 is 23.0 Å². The van der Waals surface area contributed by atoms with Crippen LogP contribution < -0.4 is 5.32 Å². The number of nitrogens with one attached hydrogen (secondary N) is 1. The lowest BCUT2D eigenvalue weighted by molar-refractivity contribution is 0.434. The van der Waals surface area contributed by atoms with Crippen molar-refractivity contribution in [2.24, 2.45) is 0 Å². The third kappa shape index (κ3) is 4.30. The highest BCUT2D eigenvalue weighted by Crippen LogP contribution is 2.28. The Morgan fingerprint density at radius 3 is 1.73 bits per heavy atom. The van der Waals surface area contributed by atoms with E-state index in [0.29, 0.717) is 5.11 Å². The van der Waals surface area contributed by atoms with Gasteiger partial charge < -0.3 is 10.2 Å². The van der Waals surface area contributed by atoms with Gasteiger partial charge in [-0.25, -0.2) is 0 Å². The van der Waals surface area contributed by atoms with Gasteiger partial charge in [0.1, 0.15) is 0 Å². The third-order valence-corrected chi connectivity index (χ3v) is 4.80. The predicted molar refractivity (Wildman–Crippen MR) is 115 cm³/mol. The van der Waals surface area contributed by atoms with E-state index in [-0.39, 0.29) is 6.04 Å². The number of hydrogen-bond acceptors (Lipinski definition) is 1. The van der Waals surface area contributed by atoms with Crippen LogP contribution in [0.1, 0.15) is 28.3 Å². The molecule has 0 bridgehead atoms. The lowest BCUT2D eigenvalue weighted by Crippen LogP contribution is -2.35. The van der Waals surface area contributed by atoms with Gasteiger partial charge in [-0.05, 0) is 60.5 Å². The fourth-order valence-corrected chi connectivity index (χ4v) is 3.51. The van der Waals surface area contributed by atoms with Crippen LogP contribution in [-0.4, -0.2) is 17.1 Å². The molecule has 0 heterocycles. The Balaban J connectivity index is 1.90. The van der Waals surface area contributed by atoms with Crippen LogP contribution in [0.25, 0.3) is 0 Å². The Hall–Kier alpha value is -2.65. The molecule has 2 nitrogen and oxygen atoms in total. The maximum atomic E-state index is 5.74. The molecule has 0 aliphatic rings. The van der Waals surface area contributed by atoms with Crippen molar-refractivity contribution in [3.63, 3.8) is 0 Å². The van der Waals surface area contributed by atoms with E-state index in [9.17, 15) is 0 Å². The molecule has 0 fully saturated rings. The zero-order valence-electron chi connectivity index (χ0n) is 15.4. The molecule has 3 heteroatoms. The van der Waals surface area contributed by atoms with E-state index in [1.54, 1.807) is 0 Å². The van der Waals surface area contributed by atoms with Gasteiger partial charge in [0.25, 0.3) is 0 Å². The Kier molecular flexibility index (Phi) is 5.69. The lowest BCUT2D eigenvalue weighted by Gasteiger charge is -2.31. The fraction of sp³-hybridized carbons (Fsp3) is 0.174. The van der Waals surface area contributed by atoms with Gasteiger partial charge in [-0.1, -0.05) is 66.7 Å². The summed E-state index contributed by atoms with van der Waals surface area (Å²) in [5.41, 5.74) is 5.90. The molecule has 0 atom stereocenters. The highest BCUT2D eigenvalue weighted by atomic mass is 32.1. The topological polar surface area (TPSA) is 15.3 Å². The molecule has 3 aromatic rings. The molecule has 0 saturated carbocycles. The average molecular weight is 361 g/mol. The van der Waals surface area contributed by atoms with E-state index in [0.717, 1.165) is 5.69 Å². The van der Waals surface area contributed by atoms with Gasteiger partial charge in [-0.3, -0.25) is 0 Å². The molecule has 3 aromatic carbocycles. The minimum absolute atomic E-state index is 0.0586. The molecule has 0 aliphatic carbocycles. The zero-order valence-corrected chi connectivity index (χ0v) is 16.3. The number of nitrogens with zero attached hydrogens (tertiary/aromatic N) is 1. The fourth-order valence-electron chi connectivity index (χ4n) is 3.29. The van der Waals surface area contributed by atoms with Crippen molar-refractivity contribution in [3.05, 3.63) is 101 Å². The maximum Gasteiger partial charge on any atom is 0.173 e. The van der Waals surface area contributed by atoms with Crippen molar-refractivity contribution < 1.29 is 0 Å². The standard InChI is InChI=1S/C23H24N2S/c1-17-14-18(2)16-21(15-17)24-23(26)25(3)22(19-10-6-4-7-11-19)20-12-8-5-9-13-20/h4-16,22H,1-3H3,(H,24,26). The first-order chi connectivity index (χ1) is 12.5. The molecule has 0 spiro atoms. The summed E-state index contributed by atoms with van der Waals surface area (Å²) in [4.78, 5) is 2.12. The summed E-state index contributed by atoms with van der Waals surface area (Å²) in [7, 11) is 2.04. The first kappa shape index (κ1) is 18.2. The average Bonchev–Trinajstić information content (AvgIpc) is 2.63. The number of aryl methyl sites for hydroxylation is 2. The van der Waals surface area contributed by atoms with Gasteiger partial charge in [0.15, 0.2) is 5.11 Å². The normalized spacial score (nSPS) is 10.6. The van der Waals surface area contributed by atoms with Gasteiger partial charge in [-0.15, -0.1) is 0 Å². The van der Waals surface area contributed by atoms with E-state index >= 15 is 0 Å². The molecule has 0 aliphatic heterocycles. The van der Waals surface area contributed by atoms with Gasteiger partial charge in [0.05, 0.1) is 6.04 Å². The van der Waals surface area contributed by atoms with Gasteiger partial charge in [-0.2, -0.15) is 0 Å². The summed E-state index contributed by atoms with van der Waals surface area (Å²) in [5.74, 6) is 0. The van der Waals surface area contributed by atoms with E-state index in [1.807, 2.05) is 19.2 Å². The minimum Gasteiger partial charge on any atom is -0.341 e. The largest absolute Gasteiger partial charge is 0.341 e. The van der Waals surface area contributed by atoms with E-state index in [2.05, 4.69) is 90.8 Å². The first-order valence-electron chi connectivity index (χ1n) is 8.76. The monoisotopic (exact) mass is 360 g/mol. The number of hydrogen-bond donors (Lipinski definition) is 1. The van der Waals surface area contributed by atoms with Gasteiger partial charge in [0, 0.05) is 12.7 Å². The Labute approximate surface area is 161 Å². The molecule has 0 aromatic heterocycles.